The van der Waals surface area contributed by atoms with Crippen molar-refractivity contribution in [3.05, 3.63) is 100 Å². The molecule has 4 rings (SSSR count). The van der Waals surface area contributed by atoms with Crippen molar-refractivity contribution in [3.8, 4) is 5.75 Å². The van der Waals surface area contributed by atoms with Crippen LogP contribution in [0.25, 0.3) is 10.9 Å². The van der Waals surface area contributed by atoms with Gasteiger partial charge in [-0.15, -0.1) is 0 Å². The first-order valence-electron chi connectivity index (χ1n) is 11.2. The zero-order chi connectivity index (χ0) is 25.7. The number of aromatic nitrogens is 1. The molecule has 184 valence electrons. The van der Waals surface area contributed by atoms with Gasteiger partial charge in [0.15, 0.2) is 6.61 Å². The molecule has 0 spiro atoms. The van der Waals surface area contributed by atoms with Crippen LogP contribution >= 0.6 is 11.6 Å². The van der Waals surface area contributed by atoms with Gasteiger partial charge in [-0.25, -0.2) is 4.79 Å². The number of carbonyl (C=O) groups excluding carboxylic acids is 3. The molecular formula is C28H24ClNO6. The first-order chi connectivity index (χ1) is 17.4. The van der Waals surface area contributed by atoms with Crippen molar-refractivity contribution in [2.24, 2.45) is 0 Å². The smallest absolute Gasteiger partial charge is 0.344 e. The lowest BCUT2D eigenvalue weighted by molar-refractivity contribution is -0.159. The van der Waals surface area contributed by atoms with Gasteiger partial charge in [0.1, 0.15) is 12.4 Å². The van der Waals surface area contributed by atoms with Crippen molar-refractivity contribution in [2.75, 3.05) is 13.7 Å². The maximum Gasteiger partial charge on any atom is 0.344 e. The number of esters is 2. The zero-order valence-electron chi connectivity index (χ0n) is 19.8. The summed E-state index contributed by atoms with van der Waals surface area (Å²) < 4.78 is 17.2. The second-order valence-electron chi connectivity index (χ2n) is 8.08. The van der Waals surface area contributed by atoms with Crippen molar-refractivity contribution < 1.29 is 28.6 Å². The summed E-state index contributed by atoms with van der Waals surface area (Å²) in [6.07, 6.45) is -0.137. The van der Waals surface area contributed by atoms with Crippen LogP contribution in [0.1, 0.15) is 27.2 Å². The number of benzene rings is 3. The number of nitrogens with zero attached hydrogens (tertiary/aromatic N) is 1. The fourth-order valence-corrected chi connectivity index (χ4v) is 4.04. The summed E-state index contributed by atoms with van der Waals surface area (Å²) in [5.41, 5.74) is 3.10. The molecule has 8 heteroatoms. The lowest BCUT2D eigenvalue weighted by Gasteiger charge is -2.08. The molecule has 3 aromatic carbocycles. The summed E-state index contributed by atoms with van der Waals surface area (Å²) in [6, 6.07) is 21.1. The summed E-state index contributed by atoms with van der Waals surface area (Å²) in [6.45, 7) is 1.35. The van der Waals surface area contributed by atoms with E-state index in [2.05, 4.69) is 0 Å². The Morgan fingerprint density at radius 2 is 1.61 bits per heavy atom. The molecule has 0 aliphatic carbocycles. The van der Waals surface area contributed by atoms with Crippen molar-refractivity contribution in [1.29, 1.82) is 0 Å². The second-order valence-corrected chi connectivity index (χ2v) is 8.51. The Morgan fingerprint density at radius 1 is 0.889 bits per heavy atom. The molecule has 4 aromatic rings. The highest BCUT2D eigenvalue weighted by atomic mass is 35.5. The SMILES string of the molecule is COc1ccc2c(c1)c(CC(=O)OCC(=O)OCc1ccccc1)c(C)n2C(=O)c1ccc(Cl)cc1. The first kappa shape index (κ1) is 25.0. The molecule has 36 heavy (non-hydrogen) atoms. The number of hydrogen-bond acceptors (Lipinski definition) is 6. The topological polar surface area (TPSA) is 83.8 Å². The van der Waals surface area contributed by atoms with Crippen LogP contribution in [0.3, 0.4) is 0 Å². The molecule has 0 fully saturated rings. The Kier molecular flexibility index (Phi) is 7.71. The molecule has 0 amide bonds. The molecule has 0 unspecified atom stereocenters. The monoisotopic (exact) mass is 505 g/mol. The molecule has 0 saturated heterocycles. The molecule has 0 saturated carbocycles. The van der Waals surface area contributed by atoms with Gasteiger partial charge in [0, 0.05) is 21.7 Å². The number of methoxy groups -OCH3 is 1. The van der Waals surface area contributed by atoms with E-state index in [1.807, 2.05) is 30.3 Å². The minimum atomic E-state index is -0.647. The lowest BCUT2D eigenvalue weighted by atomic mass is 10.1. The average molecular weight is 506 g/mol. The molecule has 0 aliphatic heterocycles. The summed E-state index contributed by atoms with van der Waals surface area (Å²) >= 11 is 5.97. The fraction of sp³-hybridized carbons (Fsp3) is 0.179. The van der Waals surface area contributed by atoms with E-state index in [4.69, 9.17) is 25.8 Å². The standard InChI is InChI=1S/C28H24ClNO6/c1-18-23(15-26(31)36-17-27(32)35-16-19-6-4-3-5-7-19)24-14-22(34-2)12-13-25(24)30(18)28(33)20-8-10-21(29)11-9-20/h3-14H,15-17H2,1-2H3. The Balaban J connectivity index is 1.53. The van der Waals surface area contributed by atoms with E-state index in [0.717, 1.165) is 5.56 Å². The highest BCUT2D eigenvalue weighted by Crippen LogP contribution is 2.31. The molecule has 1 aromatic heterocycles. The number of ether oxygens (including phenoxy) is 3. The van der Waals surface area contributed by atoms with Gasteiger partial charge in [-0.3, -0.25) is 14.2 Å². The number of hydrogen-bond donors (Lipinski definition) is 0. The number of rotatable bonds is 8. The van der Waals surface area contributed by atoms with Crippen LogP contribution in [0.2, 0.25) is 5.02 Å². The Hall–Kier alpha value is -4.10. The van der Waals surface area contributed by atoms with E-state index in [0.29, 0.717) is 38.5 Å². The van der Waals surface area contributed by atoms with E-state index < -0.39 is 18.5 Å². The third kappa shape index (κ3) is 5.58. The van der Waals surface area contributed by atoms with Gasteiger partial charge >= 0.3 is 11.9 Å². The Labute approximate surface area is 213 Å². The zero-order valence-corrected chi connectivity index (χ0v) is 20.6. The predicted molar refractivity (Wildman–Crippen MR) is 135 cm³/mol. The summed E-state index contributed by atoms with van der Waals surface area (Å²) in [4.78, 5) is 38.1. The predicted octanol–water partition coefficient (Wildman–Crippen LogP) is 5.13. The van der Waals surface area contributed by atoms with Gasteiger partial charge in [0.25, 0.3) is 5.91 Å². The molecule has 0 bridgehead atoms. The molecule has 0 radical (unpaired) electrons. The van der Waals surface area contributed by atoms with Gasteiger partial charge in [0.2, 0.25) is 0 Å². The summed E-state index contributed by atoms with van der Waals surface area (Å²) in [5, 5.41) is 1.20. The largest absolute Gasteiger partial charge is 0.497 e. The number of carbonyl (C=O) groups is 3. The van der Waals surface area contributed by atoms with Crippen molar-refractivity contribution in [1.82, 2.24) is 4.57 Å². The maximum atomic E-state index is 13.4. The second kappa shape index (κ2) is 11.1. The van der Waals surface area contributed by atoms with Gasteiger partial charge in [-0.05, 0) is 60.5 Å². The average Bonchev–Trinajstić information content (AvgIpc) is 3.17. The minimum Gasteiger partial charge on any atom is -0.497 e. The van der Waals surface area contributed by atoms with Crippen LogP contribution in [0, 0.1) is 6.92 Å². The first-order valence-corrected chi connectivity index (χ1v) is 11.6. The Morgan fingerprint density at radius 3 is 2.31 bits per heavy atom. The molecule has 0 atom stereocenters. The third-order valence-corrected chi connectivity index (χ3v) is 6.00. The highest BCUT2D eigenvalue weighted by Gasteiger charge is 2.23. The van der Waals surface area contributed by atoms with Gasteiger partial charge in [0.05, 0.1) is 19.0 Å². The molecule has 0 N–H and O–H groups in total. The van der Waals surface area contributed by atoms with Gasteiger partial charge < -0.3 is 14.2 Å². The quantitative estimate of drug-likeness (QED) is 0.309. The van der Waals surface area contributed by atoms with E-state index in [-0.39, 0.29) is 18.9 Å². The minimum absolute atomic E-state index is 0.0937. The summed E-state index contributed by atoms with van der Waals surface area (Å²) in [5.74, 6) is -0.942. The van der Waals surface area contributed by atoms with Crippen LogP contribution < -0.4 is 4.74 Å². The van der Waals surface area contributed by atoms with Crippen molar-refractivity contribution in [2.45, 2.75) is 20.0 Å². The van der Waals surface area contributed by atoms with Crippen LogP contribution in [-0.4, -0.2) is 36.1 Å². The van der Waals surface area contributed by atoms with Crippen molar-refractivity contribution >= 4 is 40.3 Å². The molecular weight excluding hydrogens is 482 g/mol. The highest BCUT2D eigenvalue weighted by molar-refractivity contribution is 6.30. The van der Waals surface area contributed by atoms with Crippen molar-refractivity contribution in [3.63, 3.8) is 0 Å². The van der Waals surface area contributed by atoms with E-state index in [1.54, 1.807) is 61.1 Å². The van der Waals surface area contributed by atoms with Gasteiger partial charge in [-0.1, -0.05) is 41.9 Å². The number of fused-ring (bicyclic) bond motifs is 1. The third-order valence-electron chi connectivity index (χ3n) is 5.75. The number of halogens is 1. The van der Waals surface area contributed by atoms with Crippen LogP contribution in [-0.2, 0) is 32.1 Å². The Bertz CT molecular complexity index is 1410. The lowest BCUT2D eigenvalue weighted by Crippen LogP contribution is -2.18. The van der Waals surface area contributed by atoms with Gasteiger partial charge in [-0.2, -0.15) is 0 Å². The van der Waals surface area contributed by atoms with Crippen LogP contribution in [0.4, 0.5) is 0 Å². The van der Waals surface area contributed by atoms with Crippen LogP contribution in [0.5, 0.6) is 5.75 Å². The maximum absolute atomic E-state index is 13.4. The molecule has 0 aliphatic rings. The summed E-state index contributed by atoms with van der Waals surface area (Å²) in [7, 11) is 1.54. The molecule has 7 nitrogen and oxygen atoms in total. The van der Waals surface area contributed by atoms with E-state index in [9.17, 15) is 14.4 Å². The normalized spacial score (nSPS) is 10.8. The van der Waals surface area contributed by atoms with Crippen LogP contribution in [0.15, 0.2) is 72.8 Å². The fourth-order valence-electron chi connectivity index (χ4n) is 3.91. The molecule has 1 heterocycles. The van der Waals surface area contributed by atoms with E-state index >= 15 is 0 Å². The van der Waals surface area contributed by atoms with E-state index in [1.165, 1.54) is 0 Å².